The molecule has 0 spiro atoms. The van der Waals surface area contributed by atoms with Gasteiger partial charge in [-0.15, -0.1) is 0 Å². The van der Waals surface area contributed by atoms with E-state index in [4.69, 9.17) is 10.5 Å². The first-order chi connectivity index (χ1) is 13.4. The fourth-order valence-electron chi connectivity index (χ4n) is 2.87. The van der Waals surface area contributed by atoms with E-state index in [1.54, 1.807) is 31.2 Å². The summed E-state index contributed by atoms with van der Waals surface area (Å²) in [5, 5.41) is 23.0. The third-order valence-electron chi connectivity index (χ3n) is 4.25. The molecule has 0 saturated heterocycles. The Morgan fingerprint density at radius 1 is 1.36 bits per heavy atom. The second-order valence-electron chi connectivity index (χ2n) is 6.26. The minimum Gasteiger partial charge on any atom is -0.346 e. The van der Waals surface area contributed by atoms with E-state index >= 15 is 0 Å². The number of rotatable bonds is 4. The number of anilines is 1. The van der Waals surface area contributed by atoms with Crippen molar-refractivity contribution in [2.24, 2.45) is 0 Å². The number of aromatic nitrogens is 1. The predicted octanol–water partition coefficient (Wildman–Crippen LogP) is 2.19. The average molecular weight is 378 g/mol. The van der Waals surface area contributed by atoms with Crippen molar-refractivity contribution < 1.29 is 14.0 Å². The van der Waals surface area contributed by atoms with Crippen molar-refractivity contribution in [2.75, 3.05) is 11.9 Å². The molecule has 8 nitrogen and oxygen atoms in total. The molecule has 1 aromatic carbocycles. The molecule has 1 aromatic heterocycles. The van der Waals surface area contributed by atoms with Crippen LogP contribution in [0, 0.1) is 28.5 Å². The molecular formula is C19H15FN6O2. The van der Waals surface area contributed by atoms with Crippen LogP contribution in [0.3, 0.4) is 0 Å². The maximum atomic E-state index is 14.0. The molecule has 140 valence electrons. The summed E-state index contributed by atoms with van der Waals surface area (Å²) in [5.74, 6) is -1.19. The molecule has 1 aliphatic rings. The predicted molar refractivity (Wildman–Crippen MR) is 96.1 cm³/mol. The van der Waals surface area contributed by atoms with Crippen molar-refractivity contribution in [3.8, 4) is 12.1 Å². The highest BCUT2D eigenvalue weighted by Gasteiger charge is 2.25. The molecule has 0 bridgehead atoms. The maximum Gasteiger partial charge on any atom is 0.322 e. The summed E-state index contributed by atoms with van der Waals surface area (Å²) in [6.45, 7) is 1.48. The first kappa shape index (κ1) is 18.8. The van der Waals surface area contributed by atoms with E-state index < -0.39 is 23.8 Å². The van der Waals surface area contributed by atoms with Crippen LogP contribution >= 0.6 is 0 Å². The topological polar surface area (TPSA) is 122 Å². The lowest BCUT2D eigenvalue weighted by Crippen LogP contribution is -2.45. The SMILES string of the molecule is C[C@H](NC(=O)CN1Cc2cc(C#N)ccc2NC1=O)c1ncc(C#N)cc1F. The quantitative estimate of drug-likeness (QED) is 0.844. The number of urea groups is 1. The summed E-state index contributed by atoms with van der Waals surface area (Å²) in [6.07, 6.45) is 1.23. The zero-order valence-corrected chi connectivity index (χ0v) is 14.9. The number of amides is 3. The second kappa shape index (κ2) is 7.72. The first-order valence-corrected chi connectivity index (χ1v) is 8.35. The van der Waals surface area contributed by atoms with E-state index in [1.165, 1.54) is 11.1 Å². The van der Waals surface area contributed by atoms with Gasteiger partial charge in [0.05, 0.1) is 35.5 Å². The summed E-state index contributed by atoms with van der Waals surface area (Å²) in [4.78, 5) is 29.7. The third kappa shape index (κ3) is 3.89. The van der Waals surface area contributed by atoms with Crippen molar-refractivity contribution in [3.63, 3.8) is 0 Å². The number of benzene rings is 1. The molecule has 2 aromatic rings. The van der Waals surface area contributed by atoms with Gasteiger partial charge in [-0.1, -0.05) is 0 Å². The Hall–Kier alpha value is -3.98. The van der Waals surface area contributed by atoms with E-state index in [0.717, 1.165) is 11.6 Å². The Balaban J connectivity index is 1.67. The second-order valence-corrected chi connectivity index (χ2v) is 6.26. The van der Waals surface area contributed by atoms with Gasteiger partial charge in [-0.3, -0.25) is 9.78 Å². The molecule has 28 heavy (non-hydrogen) atoms. The number of nitrogens with one attached hydrogen (secondary N) is 2. The molecule has 0 unspecified atom stereocenters. The average Bonchev–Trinajstić information content (AvgIpc) is 2.67. The highest BCUT2D eigenvalue weighted by atomic mass is 19.1. The Morgan fingerprint density at radius 3 is 2.79 bits per heavy atom. The number of nitriles is 2. The largest absolute Gasteiger partial charge is 0.346 e. The van der Waals surface area contributed by atoms with Gasteiger partial charge in [0.2, 0.25) is 5.91 Å². The van der Waals surface area contributed by atoms with Gasteiger partial charge in [0.25, 0.3) is 0 Å². The van der Waals surface area contributed by atoms with E-state index in [2.05, 4.69) is 15.6 Å². The number of hydrogen-bond donors (Lipinski definition) is 2. The van der Waals surface area contributed by atoms with Crippen molar-refractivity contribution in [1.82, 2.24) is 15.2 Å². The molecule has 0 radical (unpaired) electrons. The molecule has 2 N–H and O–H groups in total. The standard InChI is InChI=1S/C19H15FN6O2/c1-11(18-15(20)5-13(7-22)8-23-18)24-17(27)10-26-9-14-4-12(6-21)2-3-16(14)25-19(26)28/h2-5,8,11H,9-10H2,1H3,(H,24,27)(H,25,28)/t11-/m0/s1. The van der Waals surface area contributed by atoms with Gasteiger partial charge in [0.1, 0.15) is 18.4 Å². The lowest BCUT2D eigenvalue weighted by Gasteiger charge is -2.29. The van der Waals surface area contributed by atoms with Crippen LogP contribution < -0.4 is 10.6 Å². The van der Waals surface area contributed by atoms with Gasteiger partial charge in [0.15, 0.2) is 0 Å². The normalized spacial score (nSPS) is 13.6. The van der Waals surface area contributed by atoms with Gasteiger partial charge in [0, 0.05) is 11.9 Å². The summed E-state index contributed by atoms with van der Waals surface area (Å²) >= 11 is 0. The van der Waals surface area contributed by atoms with Crippen LogP contribution in [0.4, 0.5) is 14.9 Å². The molecule has 2 heterocycles. The minimum atomic E-state index is -0.745. The lowest BCUT2D eigenvalue weighted by molar-refractivity contribution is -0.122. The van der Waals surface area contributed by atoms with Crippen LogP contribution in [0.15, 0.2) is 30.5 Å². The number of nitrogens with zero attached hydrogens (tertiary/aromatic N) is 4. The Labute approximate surface area is 160 Å². The van der Waals surface area contributed by atoms with Crippen molar-refractivity contribution in [2.45, 2.75) is 19.5 Å². The molecule has 1 aliphatic heterocycles. The van der Waals surface area contributed by atoms with Crippen LogP contribution in [0.2, 0.25) is 0 Å². The third-order valence-corrected chi connectivity index (χ3v) is 4.25. The van der Waals surface area contributed by atoms with E-state index in [1.807, 2.05) is 6.07 Å². The maximum absolute atomic E-state index is 14.0. The molecular weight excluding hydrogens is 363 g/mol. The summed E-state index contributed by atoms with van der Waals surface area (Å²) < 4.78 is 14.0. The van der Waals surface area contributed by atoms with Crippen LogP contribution in [0.25, 0.3) is 0 Å². The van der Waals surface area contributed by atoms with E-state index in [-0.39, 0.29) is 24.3 Å². The van der Waals surface area contributed by atoms with E-state index in [0.29, 0.717) is 11.3 Å². The van der Waals surface area contributed by atoms with Crippen LogP contribution in [-0.2, 0) is 11.3 Å². The molecule has 1 atom stereocenters. The number of halogens is 1. The van der Waals surface area contributed by atoms with Gasteiger partial charge < -0.3 is 15.5 Å². The summed E-state index contributed by atoms with van der Waals surface area (Å²) in [7, 11) is 0. The highest BCUT2D eigenvalue weighted by molar-refractivity contribution is 5.95. The highest BCUT2D eigenvalue weighted by Crippen LogP contribution is 2.24. The Bertz CT molecular complexity index is 1040. The van der Waals surface area contributed by atoms with Crippen LogP contribution in [0.1, 0.15) is 35.3 Å². The number of carbonyl (C=O) groups is 2. The fourth-order valence-corrected chi connectivity index (χ4v) is 2.87. The smallest absolute Gasteiger partial charge is 0.322 e. The minimum absolute atomic E-state index is 0.000506. The fraction of sp³-hybridized carbons (Fsp3) is 0.211. The van der Waals surface area contributed by atoms with Crippen molar-refractivity contribution >= 4 is 17.6 Å². The first-order valence-electron chi connectivity index (χ1n) is 8.35. The number of carbonyl (C=O) groups excluding carboxylic acids is 2. The number of hydrogen-bond acceptors (Lipinski definition) is 5. The zero-order valence-electron chi connectivity index (χ0n) is 14.9. The molecule has 9 heteroatoms. The molecule has 0 saturated carbocycles. The molecule has 3 amide bonds. The molecule has 3 rings (SSSR count). The van der Waals surface area contributed by atoms with Crippen molar-refractivity contribution in [1.29, 1.82) is 10.5 Å². The summed E-state index contributed by atoms with van der Waals surface area (Å²) in [5.41, 5.74) is 1.85. The Kier molecular flexibility index (Phi) is 5.18. The van der Waals surface area contributed by atoms with Gasteiger partial charge >= 0.3 is 6.03 Å². The van der Waals surface area contributed by atoms with Gasteiger partial charge in [-0.05, 0) is 36.8 Å². The monoisotopic (exact) mass is 378 g/mol. The van der Waals surface area contributed by atoms with Crippen LogP contribution in [-0.4, -0.2) is 28.4 Å². The number of pyridine rings is 1. The van der Waals surface area contributed by atoms with E-state index in [9.17, 15) is 14.0 Å². The molecule has 0 fully saturated rings. The molecule has 0 aliphatic carbocycles. The Morgan fingerprint density at radius 2 is 2.11 bits per heavy atom. The van der Waals surface area contributed by atoms with Crippen molar-refractivity contribution in [3.05, 3.63) is 58.7 Å². The van der Waals surface area contributed by atoms with Crippen LogP contribution in [0.5, 0.6) is 0 Å². The zero-order chi connectivity index (χ0) is 20.3. The van der Waals surface area contributed by atoms with Gasteiger partial charge in [-0.25, -0.2) is 9.18 Å². The lowest BCUT2D eigenvalue weighted by atomic mass is 10.1. The van der Waals surface area contributed by atoms with Gasteiger partial charge in [-0.2, -0.15) is 10.5 Å². The number of fused-ring (bicyclic) bond motifs is 1. The summed E-state index contributed by atoms with van der Waals surface area (Å²) in [6, 6.07) is 8.57.